The topological polar surface area (TPSA) is 29.3 Å². The summed E-state index contributed by atoms with van der Waals surface area (Å²) in [6, 6.07) is 0.850. The van der Waals surface area contributed by atoms with Crippen LogP contribution in [0.25, 0.3) is 0 Å². The van der Waals surface area contributed by atoms with Gasteiger partial charge in [-0.15, -0.1) is 0 Å². The minimum Gasteiger partial charge on any atom is -0.330 e. The molecule has 0 aromatic carbocycles. The lowest BCUT2D eigenvalue weighted by atomic mass is 9.94. The van der Waals surface area contributed by atoms with Gasteiger partial charge in [-0.05, 0) is 37.8 Å². The average Bonchev–Trinajstić information content (AvgIpc) is 2.72. The Kier molecular flexibility index (Phi) is 5.62. The van der Waals surface area contributed by atoms with E-state index in [-0.39, 0.29) is 0 Å². The maximum Gasteiger partial charge on any atom is 0.00952 e. The third-order valence-corrected chi connectivity index (χ3v) is 3.96. The van der Waals surface area contributed by atoms with E-state index in [2.05, 4.69) is 25.7 Å². The van der Waals surface area contributed by atoms with Crippen LogP contribution in [0.5, 0.6) is 0 Å². The van der Waals surface area contributed by atoms with Crippen molar-refractivity contribution >= 4 is 0 Å². The van der Waals surface area contributed by atoms with E-state index in [9.17, 15) is 0 Å². The van der Waals surface area contributed by atoms with Gasteiger partial charge in [0.2, 0.25) is 0 Å². The molecule has 90 valence electrons. The summed E-state index contributed by atoms with van der Waals surface area (Å²) >= 11 is 0. The van der Waals surface area contributed by atoms with Crippen LogP contribution in [0.4, 0.5) is 0 Å². The smallest absolute Gasteiger partial charge is 0.00952 e. The molecule has 0 amide bonds. The SMILES string of the molecule is CCN(CC(CN)C(C)C)C1CCCC1. The molecule has 0 aliphatic heterocycles. The van der Waals surface area contributed by atoms with Gasteiger partial charge >= 0.3 is 0 Å². The molecule has 0 spiro atoms. The first-order chi connectivity index (χ1) is 7.19. The summed E-state index contributed by atoms with van der Waals surface area (Å²) in [6.45, 7) is 10.1. The summed E-state index contributed by atoms with van der Waals surface area (Å²) in [5.41, 5.74) is 5.85. The van der Waals surface area contributed by atoms with Gasteiger partial charge in [0.1, 0.15) is 0 Å². The van der Waals surface area contributed by atoms with Crippen molar-refractivity contribution in [1.82, 2.24) is 4.90 Å². The molecule has 1 rings (SSSR count). The predicted octanol–water partition coefficient (Wildman–Crippen LogP) is 2.48. The van der Waals surface area contributed by atoms with Gasteiger partial charge in [-0.1, -0.05) is 33.6 Å². The third-order valence-electron chi connectivity index (χ3n) is 3.96. The van der Waals surface area contributed by atoms with E-state index in [0.29, 0.717) is 11.8 Å². The molecule has 2 heteroatoms. The van der Waals surface area contributed by atoms with Crippen molar-refractivity contribution in [1.29, 1.82) is 0 Å². The number of hydrogen-bond acceptors (Lipinski definition) is 2. The molecular formula is C13H28N2. The van der Waals surface area contributed by atoms with Gasteiger partial charge < -0.3 is 10.6 Å². The van der Waals surface area contributed by atoms with E-state index < -0.39 is 0 Å². The summed E-state index contributed by atoms with van der Waals surface area (Å²) in [5, 5.41) is 0. The normalized spacial score (nSPS) is 20.4. The Labute approximate surface area is 95.2 Å². The van der Waals surface area contributed by atoms with Crippen LogP contribution in [-0.2, 0) is 0 Å². The molecule has 0 heterocycles. The van der Waals surface area contributed by atoms with Crippen molar-refractivity contribution < 1.29 is 0 Å². The second-order valence-electron chi connectivity index (χ2n) is 5.27. The number of hydrogen-bond donors (Lipinski definition) is 1. The lowest BCUT2D eigenvalue weighted by Crippen LogP contribution is -2.40. The fourth-order valence-corrected chi connectivity index (χ4v) is 2.66. The highest BCUT2D eigenvalue weighted by atomic mass is 15.2. The van der Waals surface area contributed by atoms with Crippen LogP contribution in [0, 0.1) is 11.8 Å². The molecule has 1 saturated carbocycles. The van der Waals surface area contributed by atoms with Crippen LogP contribution >= 0.6 is 0 Å². The Morgan fingerprint density at radius 2 is 1.87 bits per heavy atom. The molecule has 2 nitrogen and oxygen atoms in total. The summed E-state index contributed by atoms with van der Waals surface area (Å²) in [4.78, 5) is 2.66. The lowest BCUT2D eigenvalue weighted by Gasteiger charge is -2.32. The van der Waals surface area contributed by atoms with Gasteiger partial charge in [-0.25, -0.2) is 0 Å². The fourth-order valence-electron chi connectivity index (χ4n) is 2.66. The summed E-state index contributed by atoms with van der Waals surface area (Å²) < 4.78 is 0. The first-order valence-corrected chi connectivity index (χ1v) is 6.63. The Bertz CT molecular complexity index is 162. The van der Waals surface area contributed by atoms with Crippen LogP contribution < -0.4 is 5.73 Å². The first-order valence-electron chi connectivity index (χ1n) is 6.63. The molecule has 15 heavy (non-hydrogen) atoms. The summed E-state index contributed by atoms with van der Waals surface area (Å²) in [7, 11) is 0. The Morgan fingerprint density at radius 1 is 1.27 bits per heavy atom. The van der Waals surface area contributed by atoms with Crippen LogP contribution in [0.3, 0.4) is 0 Å². The fraction of sp³-hybridized carbons (Fsp3) is 1.00. The standard InChI is InChI=1S/C13H28N2/c1-4-15(13-7-5-6-8-13)10-12(9-14)11(2)3/h11-13H,4-10,14H2,1-3H3. The molecule has 2 N–H and O–H groups in total. The molecule has 0 saturated heterocycles. The van der Waals surface area contributed by atoms with Crippen molar-refractivity contribution in [3.8, 4) is 0 Å². The minimum atomic E-state index is 0.672. The number of nitrogens with zero attached hydrogens (tertiary/aromatic N) is 1. The average molecular weight is 212 g/mol. The quantitative estimate of drug-likeness (QED) is 0.733. The molecule has 0 aromatic rings. The number of rotatable bonds is 6. The molecule has 0 aromatic heterocycles. The van der Waals surface area contributed by atoms with Gasteiger partial charge in [0.25, 0.3) is 0 Å². The molecule has 1 aliphatic rings. The van der Waals surface area contributed by atoms with Gasteiger partial charge in [0, 0.05) is 12.6 Å². The highest BCUT2D eigenvalue weighted by Gasteiger charge is 2.24. The zero-order valence-corrected chi connectivity index (χ0v) is 10.7. The van der Waals surface area contributed by atoms with Gasteiger partial charge in [-0.2, -0.15) is 0 Å². The second-order valence-corrected chi connectivity index (χ2v) is 5.27. The zero-order chi connectivity index (χ0) is 11.3. The monoisotopic (exact) mass is 212 g/mol. The largest absolute Gasteiger partial charge is 0.330 e. The van der Waals surface area contributed by atoms with E-state index in [1.54, 1.807) is 0 Å². The zero-order valence-electron chi connectivity index (χ0n) is 10.7. The van der Waals surface area contributed by atoms with Gasteiger partial charge in [0.05, 0.1) is 0 Å². The molecule has 0 bridgehead atoms. The predicted molar refractivity (Wildman–Crippen MR) is 66.9 cm³/mol. The molecule has 1 fully saturated rings. The van der Waals surface area contributed by atoms with Crippen LogP contribution in [-0.4, -0.2) is 30.6 Å². The molecular weight excluding hydrogens is 184 g/mol. The maximum absolute atomic E-state index is 5.85. The Balaban J connectivity index is 2.43. The van der Waals surface area contributed by atoms with Crippen molar-refractivity contribution in [2.24, 2.45) is 17.6 Å². The maximum atomic E-state index is 5.85. The van der Waals surface area contributed by atoms with Crippen LogP contribution in [0.15, 0.2) is 0 Å². The molecule has 1 atom stereocenters. The second kappa shape index (κ2) is 6.49. The van der Waals surface area contributed by atoms with Crippen LogP contribution in [0.1, 0.15) is 46.5 Å². The van der Waals surface area contributed by atoms with E-state index >= 15 is 0 Å². The van der Waals surface area contributed by atoms with E-state index in [1.807, 2.05) is 0 Å². The molecule has 1 unspecified atom stereocenters. The molecule has 1 aliphatic carbocycles. The van der Waals surface area contributed by atoms with E-state index in [4.69, 9.17) is 5.73 Å². The first kappa shape index (κ1) is 13.0. The highest BCUT2D eigenvalue weighted by Crippen LogP contribution is 2.25. The van der Waals surface area contributed by atoms with Crippen molar-refractivity contribution in [3.05, 3.63) is 0 Å². The lowest BCUT2D eigenvalue weighted by molar-refractivity contribution is 0.159. The molecule has 0 radical (unpaired) electrons. The number of nitrogens with two attached hydrogens (primary N) is 1. The van der Waals surface area contributed by atoms with Crippen molar-refractivity contribution in [3.63, 3.8) is 0 Å². The minimum absolute atomic E-state index is 0.672. The Morgan fingerprint density at radius 3 is 2.27 bits per heavy atom. The summed E-state index contributed by atoms with van der Waals surface area (Å²) in [5.74, 6) is 1.39. The van der Waals surface area contributed by atoms with Crippen molar-refractivity contribution in [2.75, 3.05) is 19.6 Å². The van der Waals surface area contributed by atoms with E-state index in [1.165, 1.54) is 38.8 Å². The third kappa shape index (κ3) is 3.76. The van der Waals surface area contributed by atoms with Crippen LogP contribution in [0.2, 0.25) is 0 Å². The van der Waals surface area contributed by atoms with Crippen molar-refractivity contribution in [2.45, 2.75) is 52.5 Å². The van der Waals surface area contributed by atoms with E-state index in [0.717, 1.165) is 12.6 Å². The Hall–Kier alpha value is -0.0800. The highest BCUT2D eigenvalue weighted by molar-refractivity contribution is 4.79. The van der Waals surface area contributed by atoms with Gasteiger partial charge in [0.15, 0.2) is 0 Å². The van der Waals surface area contributed by atoms with Gasteiger partial charge in [-0.3, -0.25) is 0 Å². The summed E-state index contributed by atoms with van der Waals surface area (Å²) in [6.07, 6.45) is 5.67.